The van der Waals surface area contributed by atoms with Crippen LogP contribution in [-0.4, -0.2) is 42.6 Å². The second-order valence-electron chi connectivity index (χ2n) is 6.24. The maximum atomic E-state index is 4.61. The number of hydrogen-bond acceptors (Lipinski definition) is 5. The first kappa shape index (κ1) is 22.4. The van der Waals surface area contributed by atoms with E-state index in [0.717, 1.165) is 59.4 Å². The summed E-state index contributed by atoms with van der Waals surface area (Å²) in [5.41, 5.74) is 2.13. The van der Waals surface area contributed by atoms with Crippen molar-refractivity contribution in [3.05, 3.63) is 52.0 Å². The second-order valence-corrected chi connectivity index (χ2v) is 7.53. The van der Waals surface area contributed by atoms with Crippen LogP contribution < -0.4 is 16.0 Å². The molecule has 0 bridgehead atoms. The number of para-hydroxylation sites is 1. The topological polar surface area (TPSA) is 74.2 Å². The first-order valence-electron chi connectivity index (χ1n) is 9.13. The van der Waals surface area contributed by atoms with E-state index in [9.17, 15) is 0 Å². The highest BCUT2D eigenvalue weighted by atomic mass is 127. The number of pyridine rings is 1. The molecule has 0 unspecified atom stereocenters. The maximum absolute atomic E-state index is 4.61. The highest BCUT2D eigenvalue weighted by Gasteiger charge is 2.04. The molecule has 0 aliphatic rings. The van der Waals surface area contributed by atoms with E-state index in [1.54, 1.807) is 18.4 Å². The van der Waals surface area contributed by atoms with Crippen molar-refractivity contribution >= 4 is 58.0 Å². The van der Waals surface area contributed by atoms with E-state index in [2.05, 4.69) is 56.9 Å². The third-order valence-electron chi connectivity index (χ3n) is 4.25. The molecule has 0 aliphatic carbocycles. The summed E-state index contributed by atoms with van der Waals surface area (Å²) in [6.45, 7) is 6.49. The van der Waals surface area contributed by atoms with Crippen molar-refractivity contribution < 1.29 is 0 Å². The van der Waals surface area contributed by atoms with Crippen molar-refractivity contribution in [2.45, 2.75) is 20.3 Å². The van der Waals surface area contributed by atoms with E-state index < -0.39 is 0 Å². The number of hydrogen-bond donors (Lipinski definition) is 3. The Morgan fingerprint density at radius 2 is 1.79 bits per heavy atom. The molecule has 0 atom stereocenters. The summed E-state index contributed by atoms with van der Waals surface area (Å²) in [5.74, 6) is 1.68. The smallest absolute Gasteiger partial charge is 0.191 e. The molecule has 0 aliphatic heterocycles. The number of guanidine groups is 1. The molecule has 0 saturated heterocycles. The van der Waals surface area contributed by atoms with Crippen molar-refractivity contribution in [1.29, 1.82) is 0 Å². The molecule has 3 N–H and O–H groups in total. The largest absolute Gasteiger partial charge is 0.368 e. The molecule has 1 aromatic carbocycles. The number of aliphatic imine (C=N–C) groups is 1. The molecule has 0 spiro atoms. The SMILES string of the molecule is CN=C(NCCNc1ccc2ccccc2n1)NCCc1nc(C)c(C)s1.I. The summed E-state index contributed by atoms with van der Waals surface area (Å²) in [6.07, 6.45) is 0.902. The maximum Gasteiger partial charge on any atom is 0.191 e. The average Bonchev–Trinajstić information content (AvgIpc) is 3.01. The predicted octanol–water partition coefficient (Wildman–Crippen LogP) is 3.75. The van der Waals surface area contributed by atoms with Gasteiger partial charge in [0, 0.05) is 43.4 Å². The fourth-order valence-corrected chi connectivity index (χ4v) is 3.62. The second kappa shape index (κ2) is 11.2. The van der Waals surface area contributed by atoms with E-state index in [1.165, 1.54) is 4.88 Å². The number of nitrogens with zero attached hydrogens (tertiary/aromatic N) is 3. The van der Waals surface area contributed by atoms with E-state index in [1.807, 2.05) is 24.3 Å². The fraction of sp³-hybridized carbons (Fsp3) is 0.350. The number of halogens is 1. The predicted molar refractivity (Wildman–Crippen MR) is 130 cm³/mol. The van der Waals surface area contributed by atoms with Gasteiger partial charge in [-0.25, -0.2) is 9.97 Å². The number of aryl methyl sites for hydroxylation is 2. The summed E-state index contributed by atoms with van der Waals surface area (Å²) >= 11 is 1.77. The molecule has 2 heterocycles. The number of rotatable bonds is 7. The summed E-state index contributed by atoms with van der Waals surface area (Å²) in [7, 11) is 1.78. The van der Waals surface area contributed by atoms with Gasteiger partial charge in [0.05, 0.1) is 16.2 Å². The van der Waals surface area contributed by atoms with Gasteiger partial charge in [-0.3, -0.25) is 4.99 Å². The third kappa shape index (κ3) is 6.30. The Kier molecular flexibility index (Phi) is 8.91. The van der Waals surface area contributed by atoms with Crippen molar-refractivity contribution in [3.63, 3.8) is 0 Å². The molecule has 0 amide bonds. The Bertz CT molecular complexity index is 904. The molecule has 0 fully saturated rings. The summed E-state index contributed by atoms with van der Waals surface area (Å²) in [5, 5.41) is 12.3. The highest BCUT2D eigenvalue weighted by molar-refractivity contribution is 14.0. The zero-order valence-corrected chi connectivity index (χ0v) is 19.6. The number of benzene rings is 1. The van der Waals surface area contributed by atoms with Crippen LogP contribution in [0.15, 0.2) is 41.4 Å². The van der Waals surface area contributed by atoms with Crippen LogP contribution >= 0.6 is 35.3 Å². The Hall–Kier alpha value is -1.94. The number of aromatic nitrogens is 2. The van der Waals surface area contributed by atoms with E-state index in [-0.39, 0.29) is 24.0 Å². The van der Waals surface area contributed by atoms with Crippen LogP contribution in [0.2, 0.25) is 0 Å². The van der Waals surface area contributed by atoms with Gasteiger partial charge < -0.3 is 16.0 Å². The molecule has 0 saturated carbocycles. The van der Waals surface area contributed by atoms with Gasteiger partial charge in [-0.1, -0.05) is 18.2 Å². The van der Waals surface area contributed by atoms with Gasteiger partial charge in [-0.15, -0.1) is 35.3 Å². The Balaban J connectivity index is 0.00000280. The van der Waals surface area contributed by atoms with Crippen LogP contribution in [0.3, 0.4) is 0 Å². The van der Waals surface area contributed by atoms with Crippen molar-refractivity contribution in [2.24, 2.45) is 4.99 Å². The van der Waals surface area contributed by atoms with E-state index in [0.29, 0.717) is 0 Å². The Morgan fingerprint density at radius 3 is 2.54 bits per heavy atom. The number of fused-ring (bicyclic) bond motifs is 1. The molecule has 8 heteroatoms. The number of anilines is 1. The molecule has 2 aromatic heterocycles. The fourth-order valence-electron chi connectivity index (χ4n) is 2.69. The Morgan fingerprint density at radius 1 is 1.00 bits per heavy atom. The quantitative estimate of drug-likeness (QED) is 0.196. The zero-order valence-electron chi connectivity index (χ0n) is 16.5. The lowest BCUT2D eigenvalue weighted by Crippen LogP contribution is -2.40. The van der Waals surface area contributed by atoms with Gasteiger partial charge in [0.15, 0.2) is 5.96 Å². The minimum Gasteiger partial charge on any atom is -0.368 e. The lowest BCUT2D eigenvalue weighted by Gasteiger charge is -2.12. The molecule has 28 heavy (non-hydrogen) atoms. The van der Waals surface area contributed by atoms with Gasteiger partial charge in [0.1, 0.15) is 5.82 Å². The van der Waals surface area contributed by atoms with E-state index >= 15 is 0 Å². The van der Waals surface area contributed by atoms with Crippen LogP contribution in [0, 0.1) is 13.8 Å². The summed E-state index contributed by atoms with van der Waals surface area (Å²) in [6, 6.07) is 12.2. The average molecular weight is 510 g/mol. The lowest BCUT2D eigenvalue weighted by molar-refractivity contribution is 0.793. The lowest BCUT2D eigenvalue weighted by atomic mass is 10.2. The van der Waals surface area contributed by atoms with Crippen LogP contribution in [0.5, 0.6) is 0 Å². The van der Waals surface area contributed by atoms with Crippen molar-refractivity contribution in [3.8, 4) is 0 Å². The molecule has 150 valence electrons. The standard InChI is InChI=1S/C20H26N6S.HI/c1-14-15(2)27-19(25-14)10-11-23-20(21-3)24-13-12-22-18-9-8-16-6-4-5-7-17(16)26-18;/h4-9H,10-13H2,1-3H3,(H,22,26)(H2,21,23,24);1H. The minimum atomic E-state index is 0. The first-order chi connectivity index (χ1) is 13.2. The summed E-state index contributed by atoms with van der Waals surface area (Å²) < 4.78 is 0. The minimum absolute atomic E-state index is 0. The molecular formula is C20H27IN6S. The van der Waals surface area contributed by atoms with Crippen LogP contribution in [0.1, 0.15) is 15.6 Å². The van der Waals surface area contributed by atoms with Crippen LogP contribution in [0.25, 0.3) is 10.9 Å². The third-order valence-corrected chi connectivity index (χ3v) is 5.38. The van der Waals surface area contributed by atoms with Crippen molar-refractivity contribution in [2.75, 3.05) is 32.0 Å². The van der Waals surface area contributed by atoms with Gasteiger partial charge in [-0.2, -0.15) is 0 Å². The zero-order chi connectivity index (χ0) is 19.1. The van der Waals surface area contributed by atoms with Gasteiger partial charge in [0.2, 0.25) is 0 Å². The molecule has 3 aromatic rings. The van der Waals surface area contributed by atoms with Gasteiger partial charge in [-0.05, 0) is 32.0 Å². The highest BCUT2D eigenvalue weighted by Crippen LogP contribution is 2.16. The van der Waals surface area contributed by atoms with Gasteiger partial charge in [0.25, 0.3) is 0 Å². The van der Waals surface area contributed by atoms with Crippen LogP contribution in [-0.2, 0) is 6.42 Å². The molecule has 0 radical (unpaired) electrons. The monoisotopic (exact) mass is 510 g/mol. The normalized spacial score (nSPS) is 11.2. The van der Waals surface area contributed by atoms with Gasteiger partial charge >= 0.3 is 0 Å². The first-order valence-corrected chi connectivity index (χ1v) is 9.94. The van der Waals surface area contributed by atoms with Crippen molar-refractivity contribution in [1.82, 2.24) is 20.6 Å². The molecule has 6 nitrogen and oxygen atoms in total. The number of nitrogens with one attached hydrogen (secondary N) is 3. The molecular weight excluding hydrogens is 483 g/mol. The molecule has 3 rings (SSSR count). The summed E-state index contributed by atoms with van der Waals surface area (Å²) in [4.78, 5) is 14.7. The van der Waals surface area contributed by atoms with Crippen LogP contribution in [0.4, 0.5) is 5.82 Å². The Labute approximate surface area is 187 Å². The number of thiazole rings is 1. The van der Waals surface area contributed by atoms with E-state index in [4.69, 9.17) is 0 Å².